The molecule has 3 atom stereocenters. The van der Waals surface area contributed by atoms with Gasteiger partial charge in [0.1, 0.15) is 0 Å². The van der Waals surface area contributed by atoms with E-state index < -0.39 is 0 Å². The first kappa shape index (κ1) is 10.1. The van der Waals surface area contributed by atoms with Gasteiger partial charge in [0.15, 0.2) is 0 Å². The molecule has 1 fully saturated rings. The lowest BCUT2D eigenvalue weighted by Gasteiger charge is -2.34. The molecule has 14 heavy (non-hydrogen) atoms. The second-order valence-electron chi connectivity index (χ2n) is 4.04. The number of rotatable bonds is 2. The quantitative estimate of drug-likeness (QED) is 0.783. The molecule has 0 bridgehead atoms. The first-order valence-electron chi connectivity index (χ1n) is 5.33. The average Bonchev–Trinajstić information content (AvgIpc) is 2.70. The first-order chi connectivity index (χ1) is 6.81. The SMILES string of the molecule is CCC1NCC(N)CC1c1cccs1. The molecule has 78 valence electrons. The van der Waals surface area contributed by atoms with Crippen LogP contribution >= 0.6 is 11.3 Å². The fourth-order valence-corrected chi connectivity index (χ4v) is 3.17. The Morgan fingerprint density at radius 3 is 3.14 bits per heavy atom. The lowest BCUT2D eigenvalue weighted by molar-refractivity contribution is 0.317. The maximum atomic E-state index is 5.99. The fraction of sp³-hybridized carbons (Fsp3) is 0.636. The van der Waals surface area contributed by atoms with E-state index in [1.807, 2.05) is 11.3 Å². The number of hydrogen-bond acceptors (Lipinski definition) is 3. The van der Waals surface area contributed by atoms with Crippen LogP contribution in [0.4, 0.5) is 0 Å². The van der Waals surface area contributed by atoms with E-state index in [1.54, 1.807) is 0 Å². The average molecular weight is 210 g/mol. The summed E-state index contributed by atoms with van der Waals surface area (Å²) in [7, 11) is 0. The minimum Gasteiger partial charge on any atom is -0.327 e. The molecule has 1 aliphatic rings. The van der Waals surface area contributed by atoms with Crippen molar-refractivity contribution in [2.24, 2.45) is 5.73 Å². The molecule has 1 aromatic rings. The molecule has 3 heteroatoms. The Labute approximate surface area is 89.5 Å². The van der Waals surface area contributed by atoms with Crippen molar-refractivity contribution in [1.29, 1.82) is 0 Å². The lowest BCUT2D eigenvalue weighted by Crippen LogP contribution is -2.49. The molecule has 0 aromatic carbocycles. The van der Waals surface area contributed by atoms with E-state index in [9.17, 15) is 0 Å². The van der Waals surface area contributed by atoms with Gasteiger partial charge in [0.2, 0.25) is 0 Å². The first-order valence-corrected chi connectivity index (χ1v) is 6.21. The van der Waals surface area contributed by atoms with Crippen LogP contribution in [0.2, 0.25) is 0 Å². The third-order valence-electron chi connectivity index (χ3n) is 3.03. The van der Waals surface area contributed by atoms with Crippen molar-refractivity contribution in [3.8, 4) is 0 Å². The molecule has 3 unspecified atom stereocenters. The largest absolute Gasteiger partial charge is 0.327 e. The molecular formula is C11H18N2S. The number of nitrogens with one attached hydrogen (secondary N) is 1. The van der Waals surface area contributed by atoms with Crippen LogP contribution in [0.15, 0.2) is 17.5 Å². The highest BCUT2D eigenvalue weighted by atomic mass is 32.1. The minimum absolute atomic E-state index is 0.324. The van der Waals surface area contributed by atoms with Gasteiger partial charge < -0.3 is 11.1 Å². The van der Waals surface area contributed by atoms with Crippen LogP contribution in [-0.4, -0.2) is 18.6 Å². The second-order valence-corrected chi connectivity index (χ2v) is 5.02. The van der Waals surface area contributed by atoms with Crippen LogP contribution in [0.5, 0.6) is 0 Å². The van der Waals surface area contributed by atoms with Crippen molar-refractivity contribution < 1.29 is 0 Å². The molecule has 1 saturated heterocycles. The van der Waals surface area contributed by atoms with Crippen molar-refractivity contribution in [3.63, 3.8) is 0 Å². The molecule has 0 amide bonds. The predicted molar refractivity (Wildman–Crippen MR) is 61.7 cm³/mol. The van der Waals surface area contributed by atoms with Crippen LogP contribution in [0.3, 0.4) is 0 Å². The van der Waals surface area contributed by atoms with E-state index in [2.05, 4.69) is 29.8 Å². The zero-order chi connectivity index (χ0) is 9.97. The summed E-state index contributed by atoms with van der Waals surface area (Å²) in [5.41, 5.74) is 5.99. The molecule has 0 aliphatic carbocycles. The Morgan fingerprint density at radius 2 is 2.50 bits per heavy atom. The second kappa shape index (κ2) is 4.43. The summed E-state index contributed by atoms with van der Waals surface area (Å²) in [5, 5.41) is 5.69. The van der Waals surface area contributed by atoms with Gasteiger partial charge in [0.05, 0.1) is 0 Å². The van der Waals surface area contributed by atoms with Crippen molar-refractivity contribution in [2.75, 3.05) is 6.54 Å². The zero-order valence-corrected chi connectivity index (χ0v) is 9.39. The van der Waals surface area contributed by atoms with Crippen molar-refractivity contribution in [1.82, 2.24) is 5.32 Å². The Balaban J connectivity index is 2.13. The summed E-state index contributed by atoms with van der Waals surface area (Å²) in [6.45, 7) is 3.22. The smallest absolute Gasteiger partial charge is 0.0172 e. The Morgan fingerprint density at radius 1 is 1.64 bits per heavy atom. The summed E-state index contributed by atoms with van der Waals surface area (Å²) in [4.78, 5) is 1.49. The van der Waals surface area contributed by atoms with Gasteiger partial charge in [0.25, 0.3) is 0 Å². The van der Waals surface area contributed by atoms with E-state index in [0.717, 1.165) is 13.0 Å². The van der Waals surface area contributed by atoms with E-state index in [1.165, 1.54) is 11.3 Å². The summed E-state index contributed by atoms with van der Waals surface area (Å²) in [6.07, 6.45) is 2.32. The van der Waals surface area contributed by atoms with Gasteiger partial charge in [-0.2, -0.15) is 0 Å². The molecule has 3 N–H and O–H groups in total. The number of thiophene rings is 1. The summed E-state index contributed by atoms with van der Waals surface area (Å²) < 4.78 is 0. The van der Waals surface area contributed by atoms with Gasteiger partial charge in [-0.05, 0) is 24.3 Å². The van der Waals surface area contributed by atoms with E-state index in [-0.39, 0.29) is 0 Å². The lowest BCUT2D eigenvalue weighted by atomic mass is 9.86. The molecule has 0 saturated carbocycles. The van der Waals surface area contributed by atoms with Gasteiger partial charge in [0, 0.05) is 29.4 Å². The van der Waals surface area contributed by atoms with Gasteiger partial charge in [-0.3, -0.25) is 0 Å². The van der Waals surface area contributed by atoms with Crippen LogP contribution in [0.25, 0.3) is 0 Å². The molecule has 1 aromatic heterocycles. The monoisotopic (exact) mass is 210 g/mol. The van der Waals surface area contributed by atoms with E-state index in [0.29, 0.717) is 18.0 Å². The molecule has 0 radical (unpaired) electrons. The van der Waals surface area contributed by atoms with Gasteiger partial charge >= 0.3 is 0 Å². The normalized spacial score (nSPS) is 33.1. The standard InChI is InChI=1S/C11H18N2S/c1-2-10-9(6-8(12)7-13-10)11-4-3-5-14-11/h3-5,8-10,13H,2,6-7,12H2,1H3. The zero-order valence-electron chi connectivity index (χ0n) is 8.57. The third kappa shape index (κ3) is 2.00. The fourth-order valence-electron chi connectivity index (χ4n) is 2.26. The molecule has 1 aliphatic heterocycles. The topological polar surface area (TPSA) is 38.0 Å². The van der Waals surface area contributed by atoms with Crippen LogP contribution in [0, 0.1) is 0 Å². The van der Waals surface area contributed by atoms with Crippen LogP contribution in [-0.2, 0) is 0 Å². The van der Waals surface area contributed by atoms with Crippen LogP contribution < -0.4 is 11.1 Å². The molecule has 0 spiro atoms. The maximum Gasteiger partial charge on any atom is 0.0172 e. The minimum atomic E-state index is 0.324. The van der Waals surface area contributed by atoms with Gasteiger partial charge in [-0.1, -0.05) is 13.0 Å². The number of nitrogens with two attached hydrogens (primary N) is 1. The summed E-state index contributed by atoms with van der Waals surface area (Å²) in [5.74, 6) is 0.628. The number of piperidine rings is 1. The van der Waals surface area contributed by atoms with Crippen molar-refractivity contribution in [3.05, 3.63) is 22.4 Å². The maximum absolute atomic E-state index is 5.99. The molecule has 2 nitrogen and oxygen atoms in total. The Hall–Kier alpha value is -0.380. The van der Waals surface area contributed by atoms with Crippen molar-refractivity contribution >= 4 is 11.3 Å². The summed E-state index contributed by atoms with van der Waals surface area (Å²) in [6, 6.07) is 5.31. The molecular weight excluding hydrogens is 192 g/mol. The summed E-state index contributed by atoms with van der Waals surface area (Å²) >= 11 is 1.86. The Kier molecular flexibility index (Phi) is 3.21. The predicted octanol–water partition coefficient (Wildman–Crippen LogP) is 1.93. The molecule has 2 rings (SSSR count). The van der Waals surface area contributed by atoms with E-state index >= 15 is 0 Å². The Bertz CT molecular complexity index is 271. The highest BCUT2D eigenvalue weighted by molar-refractivity contribution is 7.10. The third-order valence-corrected chi connectivity index (χ3v) is 4.04. The van der Waals surface area contributed by atoms with Gasteiger partial charge in [-0.25, -0.2) is 0 Å². The van der Waals surface area contributed by atoms with Gasteiger partial charge in [-0.15, -0.1) is 11.3 Å². The highest BCUT2D eigenvalue weighted by Crippen LogP contribution is 2.31. The molecule has 2 heterocycles. The van der Waals surface area contributed by atoms with Crippen LogP contribution in [0.1, 0.15) is 30.6 Å². The highest BCUT2D eigenvalue weighted by Gasteiger charge is 2.28. The van der Waals surface area contributed by atoms with Crippen molar-refractivity contribution in [2.45, 2.75) is 37.8 Å². The van der Waals surface area contributed by atoms with E-state index in [4.69, 9.17) is 5.73 Å². The number of hydrogen-bond donors (Lipinski definition) is 2.